The van der Waals surface area contributed by atoms with Crippen molar-refractivity contribution in [2.45, 2.75) is 65.3 Å². The van der Waals surface area contributed by atoms with Crippen LogP contribution in [0.3, 0.4) is 0 Å². The molecule has 0 saturated heterocycles. The fourth-order valence-corrected chi connectivity index (χ4v) is 3.01. The Morgan fingerprint density at radius 2 is 2.17 bits per heavy atom. The summed E-state index contributed by atoms with van der Waals surface area (Å²) in [4.78, 5) is 11.7. The second-order valence-electron chi connectivity index (χ2n) is 5.94. The van der Waals surface area contributed by atoms with Crippen molar-refractivity contribution in [2.75, 3.05) is 13.1 Å². The third-order valence-electron chi connectivity index (χ3n) is 3.96. The minimum atomic E-state index is 0.187. The molecule has 106 valence electrons. The highest BCUT2D eigenvalue weighted by Crippen LogP contribution is 2.30. The van der Waals surface area contributed by atoms with E-state index in [9.17, 15) is 4.79 Å². The van der Waals surface area contributed by atoms with Crippen molar-refractivity contribution in [3.63, 3.8) is 0 Å². The van der Waals surface area contributed by atoms with E-state index in [-0.39, 0.29) is 11.9 Å². The molecule has 0 bridgehead atoms. The highest BCUT2D eigenvalue weighted by atomic mass is 16.1. The van der Waals surface area contributed by atoms with Crippen molar-refractivity contribution in [1.82, 2.24) is 10.6 Å². The number of rotatable bonds is 7. The molecule has 1 saturated carbocycles. The van der Waals surface area contributed by atoms with Gasteiger partial charge in [0.25, 0.3) is 0 Å². The van der Waals surface area contributed by atoms with Crippen LogP contribution < -0.4 is 10.6 Å². The van der Waals surface area contributed by atoms with Gasteiger partial charge in [-0.05, 0) is 38.1 Å². The SMILES string of the molecule is CCNC(C)CC(=O)NCCC1CCCC(C)C1. The minimum absolute atomic E-state index is 0.187. The van der Waals surface area contributed by atoms with Crippen LogP contribution in [0.15, 0.2) is 0 Å². The summed E-state index contributed by atoms with van der Waals surface area (Å²) in [6, 6.07) is 0.282. The van der Waals surface area contributed by atoms with Gasteiger partial charge in [0.15, 0.2) is 0 Å². The molecule has 3 atom stereocenters. The smallest absolute Gasteiger partial charge is 0.221 e. The van der Waals surface area contributed by atoms with Gasteiger partial charge in [-0.3, -0.25) is 4.79 Å². The Hall–Kier alpha value is -0.570. The van der Waals surface area contributed by atoms with Crippen LogP contribution >= 0.6 is 0 Å². The third-order valence-corrected chi connectivity index (χ3v) is 3.96. The standard InChI is InChI=1S/C15H30N2O/c1-4-16-13(3)11-15(18)17-9-8-14-7-5-6-12(2)10-14/h12-14,16H,4-11H2,1-3H3,(H,17,18). The monoisotopic (exact) mass is 254 g/mol. The lowest BCUT2D eigenvalue weighted by Crippen LogP contribution is -2.34. The second kappa shape index (κ2) is 8.52. The minimum Gasteiger partial charge on any atom is -0.356 e. The van der Waals surface area contributed by atoms with Crippen LogP contribution in [-0.2, 0) is 4.79 Å². The maximum atomic E-state index is 11.7. The van der Waals surface area contributed by atoms with Crippen molar-refractivity contribution in [3.05, 3.63) is 0 Å². The summed E-state index contributed by atoms with van der Waals surface area (Å²) in [5.74, 6) is 1.90. The molecule has 3 nitrogen and oxygen atoms in total. The summed E-state index contributed by atoms with van der Waals surface area (Å²) < 4.78 is 0. The van der Waals surface area contributed by atoms with Gasteiger partial charge in [-0.15, -0.1) is 0 Å². The highest BCUT2D eigenvalue weighted by molar-refractivity contribution is 5.76. The lowest BCUT2D eigenvalue weighted by atomic mass is 9.81. The summed E-state index contributed by atoms with van der Waals surface area (Å²) >= 11 is 0. The first-order valence-electron chi connectivity index (χ1n) is 7.61. The van der Waals surface area contributed by atoms with E-state index >= 15 is 0 Å². The van der Waals surface area contributed by atoms with Crippen LogP contribution in [0, 0.1) is 11.8 Å². The molecule has 0 aromatic heterocycles. The van der Waals surface area contributed by atoms with Gasteiger partial charge in [-0.1, -0.05) is 33.1 Å². The van der Waals surface area contributed by atoms with Crippen molar-refractivity contribution in [3.8, 4) is 0 Å². The summed E-state index contributed by atoms with van der Waals surface area (Å²) in [6.07, 6.45) is 7.22. The molecule has 1 aliphatic rings. The predicted molar refractivity (Wildman–Crippen MR) is 76.5 cm³/mol. The quantitative estimate of drug-likeness (QED) is 0.733. The molecule has 0 aliphatic heterocycles. The van der Waals surface area contributed by atoms with Gasteiger partial charge in [0.2, 0.25) is 5.91 Å². The van der Waals surface area contributed by atoms with E-state index in [2.05, 4.69) is 31.4 Å². The van der Waals surface area contributed by atoms with Crippen molar-refractivity contribution in [2.24, 2.45) is 11.8 Å². The molecule has 3 unspecified atom stereocenters. The second-order valence-corrected chi connectivity index (χ2v) is 5.94. The zero-order valence-corrected chi connectivity index (χ0v) is 12.3. The molecule has 3 heteroatoms. The average Bonchev–Trinajstić information content (AvgIpc) is 2.29. The Kier molecular flexibility index (Phi) is 7.33. The molecule has 0 aromatic carbocycles. The summed E-state index contributed by atoms with van der Waals surface area (Å²) in [7, 11) is 0. The van der Waals surface area contributed by atoms with E-state index < -0.39 is 0 Å². The van der Waals surface area contributed by atoms with Gasteiger partial charge < -0.3 is 10.6 Å². The van der Waals surface area contributed by atoms with Crippen molar-refractivity contribution < 1.29 is 4.79 Å². The van der Waals surface area contributed by atoms with E-state index in [4.69, 9.17) is 0 Å². The zero-order valence-electron chi connectivity index (χ0n) is 12.3. The molecule has 1 rings (SSSR count). The van der Waals surface area contributed by atoms with Crippen molar-refractivity contribution >= 4 is 5.91 Å². The third kappa shape index (κ3) is 6.39. The average molecular weight is 254 g/mol. The molecule has 0 spiro atoms. The lowest BCUT2D eigenvalue weighted by Gasteiger charge is -2.26. The maximum Gasteiger partial charge on any atom is 0.221 e. The number of nitrogens with one attached hydrogen (secondary N) is 2. The number of hydrogen-bond donors (Lipinski definition) is 2. The van der Waals surface area contributed by atoms with E-state index in [1.54, 1.807) is 0 Å². The summed E-state index contributed by atoms with van der Waals surface area (Å²) in [5.41, 5.74) is 0. The molecule has 1 aliphatic carbocycles. The van der Waals surface area contributed by atoms with Crippen molar-refractivity contribution in [1.29, 1.82) is 0 Å². The van der Waals surface area contributed by atoms with E-state index in [0.717, 1.165) is 31.3 Å². The first-order chi connectivity index (χ1) is 8.61. The molecular weight excluding hydrogens is 224 g/mol. The van der Waals surface area contributed by atoms with Crippen LogP contribution in [0.2, 0.25) is 0 Å². The van der Waals surface area contributed by atoms with Crippen LogP contribution in [0.1, 0.15) is 59.3 Å². The highest BCUT2D eigenvalue weighted by Gasteiger charge is 2.18. The normalized spacial score (nSPS) is 25.7. The topological polar surface area (TPSA) is 41.1 Å². The number of carbonyl (C=O) groups is 1. The molecule has 1 fully saturated rings. The molecule has 18 heavy (non-hydrogen) atoms. The molecular formula is C15H30N2O. The Labute approximate surface area is 112 Å². The molecule has 0 heterocycles. The molecule has 2 N–H and O–H groups in total. The van der Waals surface area contributed by atoms with E-state index in [0.29, 0.717) is 6.42 Å². The van der Waals surface area contributed by atoms with E-state index in [1.165, 1.54) is 25.7 Å². The Morgan fingerprint density at radius 1 is 1.39 bits per heavy atom. The largest absolute Gasteiger partial charge is 0.356 e. The van der Waals surface area contributed by atoms with Gasteiger partial charge >= 0.3 is 0 Å². The Bertz CT molecular complexity index is 243. The van der Waals surface area contributed by atoms with E-state index in [1.807, 2.05) is 0 Å². The van der Waals surface area contributed by atoms with Gasteiger partial charge in [0.05, 0.1) is 0 Å². The van der Waals surface area contributed by atoms with Gasteiger partial charge in [-0.2, -0.15) is 0 Å². The fraction of sp³-hybridized carbons (Fsp3) is 0.933. The number of hydrogen-bond acceptors (Lipinski definition) is 2. The summed E-state index contributed by atoms with van der Waals surface area (Å²) in [5, 5.41) is 6.32. The van der Waals surface area contributed by atoms with Gasteiger partial charge in [-0.25, -0.2) is 0 Å². The Balaban J connectivity index is 2.07. The molecule has 1 amide bonds. The fourth-order valence-electron chi connectivity index (χ4n) is 3.01. The molecule has 0 radical (unpaired) electrons. The molecule has 0 aromatic rings. The number of amides is 1. The number of carbonyl (C=O) groups excluding carboxylic acids is 1. The Morgan fingerprint density at radius 3 is 2.83 bits per heavy atom. The predicted octanol–water partition coefficient (Wildman–Crippen LogP) is 2.71. The van der Waals surface area contributed by atoms with Crippen LogP contribution in [-0.4, -0.2) is 25.0 Å². The maximum absolute atomic E-state index is 11.7. The van der Waals surface area contributed by atoms with Crippen LogP contribution in [0.4, 0.5) is 0 Å². The van der Waals surface area contributed by atoms with Gasteiger partial charge in [0.1, 0.15) is 0 Å². The van der Waals surface area contributed by atoms with Crippen LogP contribution in [0.5, 0.6) is 0 Å². The van der Waals surface area contributed by atoms with Gasteiger partial charge in [0, 0.05) is 19.0 Å². The van der Waals surface area contributed by atoms with Crippen LogP contribution in [0.25, 0.3) is 0 Å². The lowest BCUT2D eigenvalue weighted by molar-refractivity contribution is -0.121. The first-order valence-corrected chi connectivity index (χ1v) is 7.61. The first kappa shape index (κ1) is 15.5. The zero-order chi connectivity index (χ0) is 13.4. The summed E-state index contributed by atoms with van der Waals surface area (Å²) in [6.45, 7) is 8.26.